The summed E-state index contributed by atoms with van der Waals surface area (Å²) < 4.78 is 14.7. The van der Waals surface area contributed by atoms with E-state index in [9.17, 15) is 14.3 Å². The summed E-state index contributed by atoms with van der Waals surface area (Å²) in [6.07, 6.45) is 3.36. The first-order chi connectivity index (χ1) is 9.52. The van der Waals surface area contributed by atoms with Crippen molar-refractivity contribution in [2.24, 2.45) is 0 Å². The summed E-state index contributed by atoms with van der Waals surface area (Å²) in [6, 6.07) is 3.82. The molecule has 1 aromatic heterocycles. The number of hydrogen-bond acceptors (Lipinski definition) is 2. The highest BCUT2D eigenvalue weighted by Gasteiger charge is 2.19. The third kappa shape index (κ3) is 2.99. The molecule has 1 aromatic carbocycles. The number of aromatic nitrogens is 2. The molecule has 1 heterocycles. The van der Waals surface area contributed by atoms with E-state index in [2.05, 4.69) is 5.10 Å². The molecule has 0 bridgehead atoms. The van der Waals surface area contributed by atoms with Gasteiger partial charge in [-0.2, -0.15) is 5.10 Å². The van der Waals surface area contributed by atoms with Crippen LogP contribution in [0.2, 0.25) is 5.02 Å². The highest BCUT2D eigenvalue weighted by atomic mass is 35.5. The zero-order valence-electron chi connectivity index (χ0n) is 10.9. The van der Waals surface area contributed by atoms with Crippen molar-refractivity contribution in [3.63, 3.8) is 0 Å². The Hall–Kier alpha value is -1.88. The maximum Gasteiger partial charge on any atom is 0.339 e. The number of nitrogens with zero attached hydrogens (tertiary/aromatic N) is 2. The molecule has 0 aliphatic heterocycles. The standard InChI is InChI=1S/C14H14ClFN2O2/c1-2-3-6-18-8-11(14(19)20)13(17-18)10-5-4-9(16)7-12(10)15/h4-5,7-8H,2-3,6H2,1H3,(H,19,20). The first-order valence-electron chi connectivity index (χ1n) is 6.29. The van der Waals surface area contributed by atoms with E-state index in [1.54, 1.807) is 4.68 Å². The summed E-state index contributed by atoms with van der Waals surface area (Å²) in [5, 5.41) is 13.6. The number of carboxylic acid groups (broad SMARTS) is 1. The molecule has 0 spiro atoms. The van der Waals surface area contributed by atoms with Crippen LogP contribution in [-0.4, -0.2) is 20.9 Å². The number of halogens is 2. The monoisotopic (exact) mass is 296 g/mol. The fourth-order valence-corrected chi connectivity index (χ4v) is 2.15. The zero-order chi connectivity index (χ0) is 14.7. The molecule has 0 atom stereocenters. The molecule has 0 fully saturated rings. The summed E-state index contributed by atoms with van der Waals surface area (Å²) in [7, 11) is 0. The summed E-state index contributed by atoms with van der Waals surface area (Å²) in [5.74, 6) is -1.55. The van der Waals surface area contributed by atoms with E-state index in [1.807, 2.05) is 6.92 Å². The van der Waals surface area contributed by atoms with Crippen LogP contribution in [0.1, 0.15) is 30.1 Å². The summed E-state index contributed by atoms with van der Waals surface area (Å²) in [4.78, 5) is 11.3. The number of carboxylic acids is 1. The predicted octanol–water partition coefficient (Wildman–Crippen LogP) is 3.84. The Labute approximate surface area is 120 Å². The molecule has 6 heteroatoms. The molecule has 20 heavy (non-hydrogen) atoms. The van der Waals surface area contributed by atoms with Crippen molar-refractivity contribution in [2.75, 3.05) is 0 Å². The molecule has 0 saturated carbocycles. The maximum absolute atomic E-state index is 13.1. The van der Waals surface area contributed by atoms with E-state index in [1.165, 1.54) is 18.3 Å². The Morgan fingerprint density at radius 3 is 2.85 bits per heavy atom. The van der Waals surface area contributed by atoms with Crippen molar-refractivity contribution >= 4 is 17.6 Å². The van der Waals surface area contributed by atoms with Crippen molar-refractivity contribution < 1.29 is 14.3 Å². The molecule has 0 radical (unpaired) electrons. The molecule has 0 saturated heterocycles. The third-order valence-electron chi connectivity index (χ3n) is 2.92. The molecular weight excluding hydrogens is 283 g/mol. The van der Waals surface area contributed by atoms with Gasteiger partial charge in [0.05, 0.1) is 5.02 Å². The normalized spacial score (nSPS) is 10.8. The molecule has 0 aliphatic rings. The topological polar surface area (TPSA) is 55.1 Å². The van der Waals surface area contributed by atoms with Gasteiger partial charge in [-0.15, -0.1) is 0 Å². The van der Waals surface area contributed by atoms with Crippen LogP contribution in [0.3, 0.4) is 0 Å². The minimum Gasteiger partial charge on any atom is -0.478 e. The number of aryl methyl sites for hydroxylation is 1. The summed E-state index contributed by atoms with van der Waals surface area (Å²) in [6.45, 7) is 2.68. The largest absolute Gasteiger partial charge is 0.478 e. The second-order valence-electron chi connectivity index (χ2n) is 4.44. The van der Waals surface area contributed by atoms with Crippen LogP contribution in [0, 0.1) is 5.82 Å². The molecule has 0 amide bonds. The Kier molecular flexibility index (Phi) is 4.39. The molecule has 4 nitrogen and oxygen atoms in total. The zero-order valence-corrected chi connectivity index (χ0v) is 11.7. The maximum atomic E-state index is 13.1. The van der Waals surface area contributed by atoms with Crippen molar-refractivity contribution in [1.29, 1.82) is 0 Å². The number of hydrogen-bond donors (Lipinski definition) is 1. The van der Waals surface area contributed by atoms with Gasteiger partial charge in [-0.1, -0.05) is 24.9 Å². The smallest absolute Gasteiger partial charge is 0.339 e. The molecule has 0 aliphatic carbocycles. The van der Waals surface area contributed by atoms with Crippen molar-refractivity contribution in [2.45, 2.75) is 26.3 Å². The van der Waals surface area contributed by atoms with Crippen LogP contribution in [0.5, 0.6) is 0 Å². The quantitative estimate of drug-likeness (QED) is 0.912. The van der Waals surface area contributed by atoms with E-state index >= 15 is 0 Å². The summed E-state index contributed by atoms with van der Waals surface area (Å²) >= 11 is 5.97. The minimum atomic E-state index is -1.08. The van der Waals surface area contributed by atoms with Crippen LogP contribution in [0.15, 0.2) is 24.4 Å². The second-order valence-corrected chi connectivity index (χ2v) is 4.84. The van der Waals surface area contributed by atoms with Gasteiger partial charge in [-0.25, -0.2) is 9.18 Å². The van der Waals surface area contributed by atoms with Gasteiger partial charge in [0.1, 0.15) is 17.1 Å². The molecule has 0 unspecified atom stereocenters. The lowest BCUT2D eigenvalue weighted by Gasteiger charge is -2.02. The minimum absolute atomic E-state index is 0.0645. The van der Waals surface area contributed by atoms with Gasteiger partial charge in [0.2, 0.25) is 0 Å². The molecule has 1 N–H and O–H groups in total. The highest BCUT2D eigenvalue weighted by Crippen LogP contribution is 2.30. The van der Waals surface area contributed by atoms with E-state index in [4.69, 9.17) is 11.6 Å². The first kappa shape index (κ1) is 14.5. The Morgan fingerprint density at radius 2 is 2.25 bits per heavy atom. The van der Waals surface area contributed by atoms with E-state index in [-0.39, 0.29) is 16.3 Å². The lowest BCUT2D eigenvalue weighted by Crippen LogP contribution is -1.98. The summed E-state index contributed by atoms with van der Waals surface area (Å²) in [5.41, 5.74) is 0.744. The molecular formula is C14H14ClFN2O2. The van der Waals surface area contributed by atoms with Crippen LogP contribution < -0.4 is 0 Å². The fraction of sp³-hybridized carbons (Fsp3) is 0.286. The predicted molar refractivity (Wildman–Crippen MR) is 74.5 cm³/mol. The Bertz CT molecular complexity index is 640. The van der Waals surface area contributed by atoms with Crippen LogP contribution >= 0.6 is 11.6 Å². The SMILES string of the molecule is CCCCn1cc(C(=O)O)c(-c2ccc(F)cc2Cl)n1. The van der Waals surface area contributed by atoms with Gasteiger partial charge in [0.25, 0.3) is 0 Å². The lowest BCUT2D eigenvalue weighted by atomic mass is 10.1. The van der Waals surface area contributed by atoms with Gasteiger partial charge >= 0.3 is 5.97 Å². The molecule has 2 rings (SSSR count). The average Bonchev–Trinajstić information content (AvgIpc) is 2.80. The van der Waals surface area contributed by atoms with E-state index in [0.717, 1.165) is 18.9 Å². The van der Waals surface area contributed by atoms with Crippen LogP contribution in [-0.2, 0) is 6.54 Å². The number of aromatic carboxylic acids is 1. The van der Waals surface area contributed by atoms with E-state index in [0.29, 0.717) is 12.1 Å². The van der Waals surface area contributed by atoms with Crippen molar-refractivity contribution in [3.05, 3.63) is 40.8 Å². The second kappa shape index (κ2) is 6.05. The number of rotatable bonds is 5. The van der Waals surface area contributed by atoms with Gasteiger partial charge in [0.15, 0.2) is 0 Å². The number of unbranched alkanes of at least 4 members (excludes halogenated alkanes) is 1. The van der Waals surface area contributed by atoms with Gasteiger partial charge in [-0.3, -0.25) is 4.68 Å². The lowest BCUT2D eigenvalue weighted by molar-refractivity contribution is 0.0697. The van der Waals surface area contributed by atoms with Crippen LogP contribution in [0.4, 0.5) is 4.39 Å². The first-order valence-corrected chi connectivity index (χ1v) is 6.67. The van der Waals surface area contributed by atoms with Gasteiger partial charge in [0, 0.05) is 18.3 Å². The van der Waals surface area contributed by atoms with E-state index < -0.39 is 11.8 Å². The Balaban J connectivity index is 2.48. The van der Waals surface area contributed by atoms with Crippen molar-refractivity contribution in [3.8, 4) is 11.3 Å². The number of benzene rings is 1. The average molecular weight is 297 g/mol. The fourth-order valence-electron chi connectivity index (χ4n) is 1.89. The van der Waals surface area contributed by atoms with Gasteiger partial charge < -0.3 is 5.11 Å². The highest BCUT2D eigenvalue weighted by molar-refractivity contribution is 6.33. The van der Waals surface area contributed by atoms with Crippen LogP contribution in [0.25, 0.3) is 11.3 Å². The molecule has 2 aromatic rings. The third-order valence-corrected chi connectivity index (χ3v) is 3.23. The van der Waals surface area contributed by atoms with Gasteiger partial charge in [-0.05, 0) is 24.6 Å². The van der Waals surface area contributed by atoms with Crippen molar-refractivity contribution in [1.82, 2.24) is 9.78 Å². The Morgan fingerprint density at radius 1 is 1.50 bits per heavy atom. The molecule has 106 valence electrons. The number of carbonyl (C=O) groups is 1.